The van der Waals surface area contributed by atoms with Gasteiger partial charge in [-0.2, -0.15) is 0 Å². The molecule has 116 valence electrons. The van der Waals surface area contributed by atoms with Crippen LogP contribution in [0.4, 0.5) is 0 Å². The molecule has 1 aliphatic heterocycles. The van der Waals surface area contributed by atoms with Crippen molar-refractivity contribution in [3.63, 3.8) is 0 Å². The smallest absolute Gasteiger partial charge is 0.222 e. The van der Waals surface area contributed by atoms with Crippen molar-refractivity contribution >= 4 is 17.2 Å². The van der Waals surface area contributed by atoms with Crippen molar-refractivity contribution in [2.24, 2.45) is 11.8 Å². The number of aliphatic hydroxyl groups is 1. The van der Waals surface area contributed by atoms with Crippen LogP contribution in [0.15, 0.2) is 17.5 Å². The Kier molecular flexibility index (Phi) is 4.36. The molecule has 1 N–H and O–H groups in total. The summed E-state index contributed by atoms with van der Waals surface area (Å²) in [7, 11) is 0. The Morgan fingerprint density at radius 2 is 2.33 bits per heavy atom. The first kappa shape index (κ1) is 15.0. The summed E-state index contributed by atoms with van der Waals surface area (Å²) in [5.74, 6) is 0.842. The number of likely N-dealkylation sites (tertiary alicyclic amines) is 1. The third-order valence-corrected chi connectivity index (χ3v) is 6.29. The lowest BCUT2D eigenvalue weighted by Gasteiger charge is -2.41. The number of rotatable bonds is 5. The van der Waals surface area contributed by atoms with E-state index in [2.05, 4.69) is 24.4 Å². The fraction of sp³-hybridized carbons (Fsp3) is 0.706. The molecular weight excluding hydrogens is 282 g/mol. The van der Waals surface area contributed by atoms with Gasteiger partial charge in [0.05, 0.1) is 5.60 Å². The van der Waals surface area contributed by atoms with E-state index in [9.17, 15) is 9.90 Å². The third-order valence-electron chi connectivity index (χ3n) is 5.35. The SMILES string of the molecule is C[C@@H]1CN(C(=O)CCCc2cccs2)C[C@@]1(O)C1CCC1. The molecular formula is C17H25NO2S. The number of aryl methyl sites for hydroxylation is 1. The molecule has 0 unspecified atom stereocenters. The van der Waals surface area contributed by atoms with Gasteiger partial charge in [-0.3, -0.25) is 4.79 Å². The van der Waals surface area contributed by atoms with Crippen LogP contribution in [0, 0.1) is 11.8 Å². The van der Waals surface area contributed by atoms with E-state index in [1.165, 1.54) is 11.3 Å². The standard InChI is InChI=1S/C17H25NO2S/c1-13-11-18(12-17(13,20)14-5-2-6-14)16(19)9-3-7-15-8-4-10-21-15/h4,8,10,13-14,20H,2-3,5-7,9,11-12H2,1H3/t13-,17+/m1/s1. The summed E-state index contributed by atoms with van der Waals surface area (Å²) >= 11 is 1.76. The van der Waals surface area contributed by atoms with Gasteiger partial charge >= 0.3 is 0 Å². The lowest BCUT2D eigenvalue weighted by atomic mass is 9.69. The second-order valence-corrected chi connectivity index (χ2v) is 7.76. The van der Waals surface area contributed by atoms with Crippen molar-refractivity contribution in [3.05, 3.63) is 22.4 Å². The van der Waals surface area contributed by atoms with Crippen molar-refractivity contribution in [3.8, 4) is 0 Å². The molecule has 0 bridgehead atoms. The Hall–Kier alpha value is -0.870. The van der Waals surface area contributed by atoms with Gasteiger partial charge < -0.3 is 10.0 Å². The highest BCUT2D eigenvalue weighted by Crippen LogP contribution is 2.44. The van der Waals surface area contributed by atoms with E-state index in [0.717, 1.165) is 32.2 Å². The van der Waals surface area contributed by atoms with Crippen molar-refractivity contribution in [1.29, 1.82) is 0 Å². The average Bonchev–Trinajstić information content (AvgIpc) is 2.97. The van der Waals surface area contributed by atoms with Gasteiger partial charge in [0.2, 0.25) is 5.91 Å². The highest BCUT2D eigenvalue weighted by molar-refractivity contribution is 7.09. The Morgan fingerprint density at radius 3 is 2.95 bits per heavy atom. The summed E-state index contributed by atoms with van der Waals surface area (Å²) in [6.45, 7) is 3.37. The van der Waals surface area contributed by atoms with Crippen LogP contribution in [0.5, 0.6) is 0 Å². The van der Waals surface area contributed by atoms with Crippen LogP contribution in [0.25, 0.3) is 0 Å². The zero-order valence-corrected chi connectivity index (χ0v) is 13.6. The monoisotopic (exact) mass is 307 g/mol. The van der Waals surface area contributed by atoms with Crippen LogP contribution in [0.2, 0.25) is 0 Å². The summed E-state index contributed by atoms with van der Waals surface area (Å²) in [5, 5.41) is 13.0. The summed E-state index contributed by atoms with van der Waals surface area (Å²) in [6, 6.07) is 4.19. The first-order valence-corrected chi connectivity index (χ1v) is 9.00. The molecule has 2 heterocycles. The van der Waals surface area contributed by atoms with Crippen molar-refractivity contribution in [2.45, 2.75) is 51.0 Å². The largest absolute Gasteiger partial charge is 0.387 e. The Morgan fingerprint density at radius 1 is 1.52 bits per heavy atom. The van der Waals surface area contributed by atoms with Crippen LogP contribution < -0.4 is 0 Å². The molecule has 1 saturated carbocycles. The molecule has 2 fully saturated rings. The maximum atomic E-state index is 12.4. The average molecular weight is 307 g/mol. The molecule has 0 spiro atoms. The molecule has 1 aliphatic carbocycles. The van der Waals surface area contributed by atoms with Crippen LogP contribution in [0.1, 0.15) is 43.9 Å². The van der Waals surface area contributed by atoms with Crippen LogP contribution in [0.3, 0.4) is 0 Å². The van der Waals surface area contributed by atoms with Crippen LogP contribution in [-0.4, -0.2) is 34.6 Å². The topological polar surface area (TPSA) is 40.5 Å². The Bertz CT molecular complexity index is 483. The second kappa shape index (κ2) is 6.09. The molecule has 3 nitrogen and oxygen atoms in total. The van der Waals surface area contributed by atoms with E-state index in [0.29, 0.717) is 18.9 Å². The van der Waals surface area contributed by atoms with Gasteiger partial charge in [-0.25, -0.2) is 0 Å². The first-order valence-electron chi connectivity index (χ1n) is 8.12. The van der Waals surface area contributed by atoms with Crippen molar-refractivity contribution in [2.75, 3.05) is 13.1 Å². The third kappa shape index (κ3) is 3.02. The maximum absolute atomic E-state index is 12.4. The Labute approximate surface area is 131 Å². The van der Waals surface area contributed by atoms with E-state index in [1.807, 2.05) is 4.90 Å². The summed E-state index contributed by atoms with van der Waals surface area (Å²) in [6.07, 6.45) is 5.98. The fourth-order valence-electron chi connectivity index (χ4n) is 3.67. The fourth-order valence-corrected chi connectivity index (χ4v) is 4.42. The van der Waals surface area contributed by atoms with Gasteiger partial charge in [0, 0.05) is 30.3 Å². The van der Waals surface area contributed by atoms with Gasteiger partial charge in [0.1, 0.15) is 0 Å². The number of β-amino-alcohol motifs (C(OH)–C–C–N with tert-alkyl or cyclic N) is 1. The van der Waals surface area contributed by atoms with Gasteiger partial charge in [0.15, 0.2) is 0 Å². The highest BCUT2D eigenvalue weighted by Gasteiger charge is 2.50. The zero-order chi connectivity index (χ0) is 14.9. The van der Waals surface area contributed by atoms with Gasteiger partial charge in [-0.1, -0.05) is 19.4 Å². The summed E-state index contributed by atoms with van der Waals surface area (Å²) in [5.41, 5.74) is -0.623. The number of thiophene rings is 1. The predicted octanol–water partition coefficient (Wildman–Crippen LogP) is 3.08. The van der Waals surface area contributed by atoms with E-state index in [1.54, 1.807) is 11.3 Å². The predicted molar refractivity (Wildman–Crippen MR) is 85.3 cm³/mol. The van der Waals surface area contributed by atoms with Gasteiger partial charge in [0.25, 0.3) is 0 Å². The molecule has 2 aliphatic rings. The number of hydrogen-bond acceptors (Lipinski definition) is 3. The maximum Gasteiger partial charge on any atom is 0.222 e. The minimum atomic E-state index is -0.623. The Balaban J connectivity index is 1.49. The molecule has 2 atom stereocenters. The van der Waals surface area contributed by atoms with E-state index in [4.69, 9.17) is 0 Å². The molecule has 0 radical (unpaired) electrons. The second-order valence-electron chi connectivity index (χ2n) is 6.73. The quantitative estimate of drug-likeness (QED) is 0.908. The van der Waals surface area contributed by atoms with Gasteiger partial charge in [-0.15, -0.1) is 11.3 Å². The molecule has 1 aromatic rings. The first-order chi connectivity index (χ1) is 10.1. The zero-order valence-electron chi connectivity index (χ0n) is 12.8. The number of hydrogen-bond donors (Lipinski definition) is 1. The molecule has 1 aromatic heterocycles. The van der Waals surface area contributed by atoms with Crippen LogP contribution >= 0.6 is 11.3 Å². The normalized spacial score (nSPS) is 29.6. The number of nitrogens with zero attached hydrogens (tertiary/aromatic N) is 1. The number of amides is 1. The highest BCUT2D eigenvalue weighted by atomic mass is 32.1. The van der Waals surface area contributed by atoms with Crippen LogP contribution in [-0.2, 0) is 11.2 Å². The molecule has 1 amide bonds. The van der Waals surface area contributed by atoms with Gasteiger partial charge in [-0.05, 0) is 43.0 Å². The minimum Gasteiger partial charge on any atom is -0.387 e. The molecule has 4 heteroatoms. The molecule has 3 rings (SSSR count). The van der Waals surface area contributed by atoms with E-state index in [-0.39, 0.29) is 11.8 Å². The number of carbonyl (C=O) groups is 1. The molecule has 1 saturated heterocycles. The summed E-state index contributed by atoms with van der Waals surface area (Å²) < 4.78 is 0. The van der Waals surface area contributed by atoms with E-state index >= 15 is 0 Å². The lowest BCUT2D eigenvalue weighted by Crippen LogP contribution is -2.48. The molecule has 21 heavy (non-hydrogen) atoms. The van der Waals surface area contributed by atoms with Crippen molar-refractivity contribution < 1.29 is 9.90 Å². The van der Waals surface area contributed by atoms with E-state index < -0.39 is 5.60 Å². The lowest BCUT2D eigenvalue weighted by molar-refractivity contribution is -0.132. The summed E-state index contributed by atoms with van der Waals surface area (Å²) in [4.78, 5) is 15.6. The number of carbonyl (C=O) groups excluding carboxylic acids is 1. The molecule has 0 aromatic carbocycles. The minimum absolute atomic E-state index is 0.212. The van der Waals surface area contributed by atoms with Crippen molar-refractivity contribution in [1.82, 2.24) is 4.90 Å².